The Bertz CT molecular complexity index is 1050. The molecule has 0 unspecified atom stereocenters. The van der Waals surface area contributed by atoms with Gasteiger partial charge in [0.15, 0.2) is 0 Å². The third kappa shape index (κ3) is 3.54. The summed E-state index contributed by atoms with van der Waals surface area (Å²) in [7, 11) is 2.21. The van der Waals surface area contributed by atoms with Crippen molar-refractivity contribution < 1.29 is 0 Å². The molecule has 0 fully saturated rings. The highest BCUT2D eigenvalue weighted by Crippen LogP contribution is 2.33. The molecule has 0 atom stereocenters. The van der Waals surface area contributed by atoms with Crippen LogP contribution in [-0.4, -0.2) is 29.6 Å². The second kappa shape index (κ2) is 7.35. The fourth-order valence-corrected chi connectivity index (χ4v) is 4.59. The minimum Gasteiger partial charge on any atom is -0.320 e. The summed E-state index contributed by atoms with van der Waals surface area (Å²) in [4.78, 5) is 2.42. The second-order valence-electron chi connectivity index (χ2n) is 7.56. The summed E-state index contributed by atoms with van der Waals surface area (Å²) < 4.78 is 2.38. The summed E-state index contributed by atoms with van der Waals surface area (Å²) in [5, 5.41) is 2.73. The first kappa shape index (κ1) is 18.6. The standard InChI is InChI=1S/C23H24Cl2N2/c1-15-4-7-22-20(12-15)19-8-10-26(3)11-9-23(19)27(22)14-16(2)18-6-5-17(24)13-21(18)25/h4-7,12-14H,8-11H2,1-3H3/b16-14-. The average Bonchev–Trinajstić information content (AvgIpc) is 2.75. The summed E-state index contributed by atoms with van der Waals surface area (Å²) >= 11 is 12.5. The SMILES string of the molecule is C/C(=C/n1c2c(c3cc(C)ccc31)CCN(C)CC2)c1ccc(Cl)cc1Cl. The fraction of sp³-hybridized carbons (Fsp3) is 0.304. The van der Waals surface area contributed by atoms with Crippen LogP contribution in [0.1, 0.15) is 29.3 Å². The molecule has 0 amide bonds. The van der Waals surface area contributed by atoms with Gasteiger partial charge in [-0.25, -0.2) is 0 Å². The molecule has 2 nitrogen and oxygen atoms in total. The van der Waals surface area contributed by atoms with E-state index in [1.807, 2.05) is 18.2 Å². The summed E-state index contributed by atoms with van der Waals surface area (Å²) in [5.41, 5.74) is 7.65. The lowest BCUT2D eigenvalue weighted by molar-refractivity contribution is 0.351. The molecule has 3 aromatic rings. The first-order valence-corrected chi connectivity index (χ1v) is 10.1. The Kier molecular flexibility index (Phi) is 5.07. The lowest BCUT2D eigenvalue weighted by Gasteiger charge is -2.13. The first-order valence-electron chi connectivity index (χ1n) is 9.38. The molecule has 4 rings (SSSR count). The maximum Gasteiger partial charge on any atom is 0.0528 e. The average molecular weight is 399 g/mol. The fourth-order valence-electron chi connectivity index (χ4n) is 4.03. The van der Waals surface area contributed by atoms with Crippen LogP contribution in [0.15, 0.2) is 36.4 Å². The predicted molar refractivity (Wildman–Crippen MR) is 118 cm³/mol. The first-order chi connectivity index (χ1) is 12.9. The van der Waals surface area contributed by atoms with E-state index in [4.69, 9.17) is 23.2 Å². The normalized spacial score (nSPS) is 15.8. The molecule has 0 saturated carbocycles. The molecule has 1 aromatic heterocycles. The van der Waals surface area contributed by atoms with Gasteiger partial charge >= 0.3 is 0 Å². The van der Waals surface area contributed by atoms with Crippen LogP contribution in [0.5, 0.6) is 0 Å². The second-order valence-corrected chi connectivity index (χ2v) is 8.40. The Hall–Kier alpha value is -1.74. The van der Waals surface area contributed by atoms with Crippen LogP contribution in [0.2, 0.25) is 10.0 Å². The quantitative estimate of drug-likeness (QED) is 0.491. The minimum atomic E-state index is 0.662. The van der Waals surface area contributed by atoms with Crippen LogP contribution in [0.25, 0.3) is 22.7 Å². The van der Waals surface area contributed by atoms with Gasteiger partial charge in [-0.1, -0.05) is 40.9 Å². The number of likely N-dealkylation sites (N-methyl/N-ethyl adjacent to an activating group) is 1. The van der Waals surface area contributed by atoms with E-state index < -0.39 is 0 Å². The van der Waals surface area contributed by atoms with Crippen LogP contribution >= 0.6 is 23.2 Å². The van der Waals surface area contributed by atoms with Crippen molar-refractivity contribution in [2.75, 3.05) is 20.1 Å². The molecule has 0 spiro atoms. The van der Waals surface area contributed by atoms with E-state index in [0.717, 1.165) is 37.1 Å². The Morgan fingerprint density at radius 3 is 2.59 bits per heavy atom. The van der Waals surface area contributed by atoms with Gasteiger partial charge in [-0.2, -0.15) is 0 Å². The molecule has 2 heterocycles. The van der Waals surface area contributed by atoms with Crippen molar-refractivity contribution in [2.45, 2.75) is 26.7 Å². The molecule has 0 N–H and O–H groups in total. The summed E-state index contributed by atoms with van der Waals surface area (Å²) in [6, 6.07) is 12.5. The molecule has 0 bridgehead atoms. The number of aromatic nitrogens is 1. The summed E-state index contributed by atoms with van der Waals surface area (Å²) in [5.74, 6) is 0. The third-order valence-corrected chi connectivity index (χ3v) is 6.08. The number of hydrogen-bond donors (Lipinski definition) is 0. The maximum absolute atomic E-state index is 6.45. The number of rotatable bonds is 2. The van der Waals surface area contributed by atoms with E-state index in [1.165, 1.54) is 27.7 Å². The van der Waals surface area contributed by atoms with Crippen LogP contribution in [0.3, 0.4) is 0 Å². The Morgan fingerprint density at radius 1 is 1.04 bits per heavy atom. The van der Waals surface area contributed by atoms with Crippen molar-refractivity contribution >= 4 is 45.9 Å². The number of halogens is 2. The van der Waals surface area contributed by atoms with E-state index in [1.54, 1.807) is 0 Å². The number of benzene rings is 2. The number of nitrogens with zero attached hydrogens (tertiary/aromatic N) is 2. The molecule has 27 heavy (non-hydrogen) atoms. The zero-order valence-electron chi connectivity index (χ0n) is 16.0. The van der Waals surface area contributed by atoms with E-state index >= 15 is 0 Å². The van der Waals surface area contributed by atoms with Gasteiger partial charge in [0.05, 0.1) is 5.52 Å². The van der Waals surface area contributed by atoms with Gasteiger partial charge in [-0.3, -0.25) is 0 Å². The maximum atomic E-state index is 6.45. The van der Waals surface area contributed by atoms with Crippen molar-refractivity contribution in [3.05, 3.63) is 68.8 Å². The van der Waals surface area contributed by atoms with Crippen molar-refractivity contribution in [1.82, 2.24) is 9.47 Å². The molecule has 4 heteroatoms. The molecular formula is C23H24Cl2N2. The molecule has 0 radical (unpaired) electrons. The Labute approximate surface area is 171 Å². The zero-order valence-corrected chi connectivity index (χ0v) is 17.5. The van der Waals surface area contributed by atoms with E-state index in [0.29, 0.717) is 10.0 Å². The van der Waals surface area contributed by atoms with Gasteiger partial charge in [0.2, 0.25) is 0 Å². The van der Waals surface area contributed by atoms with Gasteiger partial charge in [0.1, 0.15) is 0 Å². The van der Waals surface area contributed by atoms with Crippen LogP contribution in [0.4, 0.5) is 0 Å². The van der Waals surface area contributed by atoms with Gasteiger partial charge in [0, 0.05) is 46.8 Å². The minimum absolute atomic E-state index is 0.662. The molecule has 0 saturated heterocycles. The van der Waals surface area contributed by atoms with Gasteiger partial charge in [-0.15, -0.1) is 0 Å². The van der Waals surface area contributed by atoms with E-state index in [9.17, 15) is 0 Å². The number of hydrogen-bond acceptors (Lipinski definition) is 1. The molecule has 1 aliphatic rings. The third-order valence-electron chi connectivity index (χ3n) is 5.53. The summed E-state index contributed by atoms with van der Waals surface area (Å²) in [6.07, 6.45) is 4.38. The number of allylic oxidation sites excluding steroid dienone is 1. The molecular weight excluding hydrogens is 375 g/mol. The summed E-state index contributed by atoms with van der Waals surface area (Å²) in [6.45, 7) is 6.47. The van der Waals surface area contributed by atoms with Gasteiger partial charge in [-0.05, 0) is 68.3 Å². The van der Waals surface area contributed by atoms with Crippen molar-refractivity contribution in [1.29, 1.82) is 0 Å². The highest BCUT2D eigenvalue weighted by atomic mass is 35.5. The van der Waals surface area contributed by atoms with Crippen LogP contribution in [-0.2, 0) is 12.8 Å². The monoisotopic (exact) mass is 398 g/mol. The smallest absolute Gasteiger partial charge is 0.0528 e. The van der Waals surface area contributed by atoms with Crippen LogP contribution in [0, 0.1) is 6.92 Å². The highest BCUT2D eigenvalue weighted by molar-refractivity contribution is 6.35. The van der Waals surface area contributed by atoms with Crippen LogP contribution < -0.4 is 0 Å². The largest absolute Gasteiger partial charge is 0.320 e. The number of fused-ring (bicyclic) bond motifs is 3. The molecule has 0 aliphatic carbocycles. The van der Waals surface area contributed by atoms with E-state index in [-0.39, 0.29) is 0 Å². The highest BCUT2D eigenvalue weighted by Gasteiger charge is 2.20. The topological polar surface area (TPSA) is 8.17 Å². The lowest BCUT2D eigenvalue weighted by Crippen LogP contribution is -2.21. The van der Waals surface area contributed by atoms with Crippen molar-refractivity contribution in [3.63, 3.8) is 0 Å². The van der Waals surface area contributed by atoms with Crippen molar-refractivity contribution in [2.24, 2.45) is 0 Å². The Balaban J connectivity index is 1.90. The lowest BCUT2D eigenvalue weighted by atomic mass is 10.1. The zero-order chi connectivity index (χ0) is 19.1. The Morgan fingerprint density at radius 2 is 1.81 bits per heavy atom. The molecule has 140 valence electrons. The molecule has 1 aliphatic heterocycles. The van der Waals surface area contributed by atoms with Gasteiger partial charge < -0.3 is 9.47 Å². The predicted octanol–water partition coefficient (Wildman–Crippen LogP) is 6.30. The van der Waals surface area contributed by atoms with Crippen molar-refractivity contribution in [3.8, 4) is 0 Å². The molecule has 2 aromatic carbocycles. The number of aryl methyl sites for hydroxylation is 1. The van der Waals surface area contributed by atoms with E-state index in [2.05, 4.69) is 54.8 Å². The van der Waals surface area contributed by atoms with Gasteiger partial charge in [0.25, 0.3) is 0 Å².